The number of hydrogen-bond donors (Lipinski definition) is 0. The SMILES string of the molecule is CCC(c1nc2ccccc2c(=O)n1-c1ccc(C)cc1)N(CC)C(=O)C(Cl)c1ccccc1. The molecule has 1 heterocycles. The molecule has 0 aliphatic heterocycles. The van der Waals surface area contributed by atoms with Crippen LogP contribution in [0.1, 0.15) is 48.6 Å². The van der Waals surface area contributed by atoms with E-state index in [4.69, 9.17) is 16.6 Å². The molecule has 0 aliphatic carbocycles. The second kappa shape index (κ2) is 10.2. The van der Waals surface area contributed by atoms with Gasteiger partial charge < -0.3 is 4.90 Å². The number of benzene rings is 3. The summed E-state index contributed by atoms with van der Waals surface area (Å²) in [6.07, 6.45) is 0.578. The summed E-state index contributed by atoms with van der Waals surface area (Å²) >= 11 is 6.64. The summed E-state index contributed by atoms with van der Waals surface area (Å²) in [5.74, 6) is 0.322. The molecule has 0 saturated heterocycles. The lowest BCUT2D eigenvalue weighted by atomic mass is 10.1. The molecule has 0 bridgehead atoms. The van der Waals surface area contributed by atoms with Crippen molar-refractivity contribution >= 4 is 28.4 Å². The average Bonchev–Trinajstić information content (AvgIpc) is 2.87. The molecule has 0 saturated carbocycles. The standard InChI is InChI=1S/C28H28ClN3O2/c1-4-24(31(5-2)28(34)25(29)20-11-7-6-8-12-20)26-30-23-14-10-9-13-22(23)27(33)32(26)21-17-15-19(3)16-18-21/h6-18,24-25H,4-5H2,1-3H3. The first-order valence-corrected chi connectivity index (χ1v) is 12.0. The fourth-order valence-corrected chi connectivity index (χ4v) is 4.57. The van der Waals surface area contributed by atoms with Gasteiger partial charge in [-0.25, -0.2) is 4.98 Å². The number of fused-ring (bicyclic) bond motifs is 1. The Hall–Kier alpha value is -3.44. The highest BCUT2D eigenvalue weighted by atomic mass is 35.5. The van der Waals surface area contributed by atoms with Crippen LogP contribution in [0.5, 0.6) is 0 Å². The Kier molecular flexibility index (Phi) is 7.13. The van der Waals surface area contributed by atoms with Crippen LogP contribution < -0.4 is 5.56 Å². The van der Waals surface area contributed by atoms with E-state index < -0.39 is 11.4 Å². The van der Waals surface area contributed by atoms with Crippen molar-refractivity contribution in [3.05, 3.63) is 106 Å². The van der Waals surface area contributed by atoms with Crippen LogP contribution in [-0.2, 0) is 4.79 Å². The van der Waals surface area contributed by atoms with Gasteiger partial charge in [0.1, 0.15) is 11.2 Å². The maximum absolute atomic E-state index is 13.7. The van der Waals surface area contributed by atoms with E-state index >= 15 is 0 Å². The molecule has 0 aliphatic rings. The van der Waals surface area contributed by atoms with Gasteiger partial charge in [-0.2, -0.15) is 0 Å². The van der Waals surface area contributed by atoms with Crippen molar-refractivity contribution in [1.82, 2.24) is 14.5 Å². The van der Waals surface area contributed by atoms with Gasteiger partial charge in [0.25, 0.3) is 5.56 Å². The molecule has 0 N–H and O–H groups in total. The molecular formula is C28H28ClN3O2. The lowest BCUT2D eigenvalue weighted by molar-refractivity contribution is -0.133. The molecule has 2 atom stereocenters. The molecule has 2 unspecified atom stereocenters. The van der Waals surface area contributed by atoms with E-state index in [1.54, 1.807) is 15.5 Å². The van der Waals surface area contributed by atoms with Crippen molar-refractivity contribution in [2.75, 3.05) is 6.54 Å². The normalized spacial score (nSPS) is 12.9. The number of likely N-dealkylation sites (N-methyl/N-ethyl adjacent to an activating group) is 1. The summed E-state index contributed by atoms with van der Waals surface area (Å²) in [7, 11) is 0. The topological polar surface area (TPSA) is 55.2 Å². The molecule has 0 fully saturated rings. The number of amides is 1. The van der Waals surface area contributed by atoms with Crippen molar-refractivity contribution < 1.29 is 4.79 Å². The summed E-state index contributed by atoms with van der Waals surface area (Å²) in [4.78, 5) is 33.9. The van der Waals surface area contributed by atoms with Gasteiger partial charge in [0.2, 0.25) is 5.91 Å². The third kappa shape index (κ3) is 4.48. The van der Waals surface area contributed by atoms with Gasteiger partial charge in [-0.3, -0.25) is 14.2 Å². The lowest BCUT2D eigenvalue weighted by Crippen LogP contribution is -2.40. The fourth-order valence-electron chi connectivity index (χ4n) is 4.30. The Labute approximate surface area is 204 Å². The molecule has 5 nitrogen and oxygen atoms in total. The average molecular weight is 474 g/mol. The maximum atomic E-state index is 13.7. The minimum Gasteiger partial charge on any atom is -0.331 e. The molecule has 0 radical (unpaired) electrons. The smallest absolute Gasteiger partial charge is 0.266 e. The van der Waals surface area contributed by atoms with Crippen LogP contribution in [0.3, 0.4) is 0 Å². The zero-order valence-electron chi connectivity index (χ0n) is 19.6. The molecule has 4 rings (SSSR count). The van der Waals surface area contributed by atoms with Gasteiger partial charge in [0, 0.05) is 6.54 Å². The van der Waals surface area contributed by atoms with E-state index in [1.165, 1.54) is 0 Å². The van der Waals surface area contributed by atoms with Gasteiger partial charge in [-0.15, -0.1) is 11.6 Å². The summed E-state index contributed by atoms with van der Waals surface area (Å²) < 4.78 is 1.64. The van der Waals surface area contributed by atoms with Crippen LogP contribution >= 0.6 is 11.6 Å². The largest absolute Gasteiger partial charge is 0.331 e. The van der Waals surface area contributed by atoms with Crippen LogP contribution in [0.25, 0.3) is 16.6 Å². The van der Waals surface area contributed by atoms with Crippen LogP contribution in [0.2, 0.25) is 0 Å². The minimum absolute atomic E-state index is 0.156. The Balaban J connectivity index is 1.88. The summed E-state index contributed by atoms with van der Waals surface area (Å²) in [6.45, 7) is 6.35. The number of alkyl halides is 1. The lowest BCUT2D eigenvalue weighted by Gasteiger charge is -2.33. The molecule has 1 amide bonds. The summed E-state index contributed by atoms with van der Waals surface area (Å²) in [6, 6.07) is 24.0. The second-order valence-corrected chi connectivity index (χ2v) is 8.72. The molecule has 1 aromatic heterocycles. The van der Waals surface area contributed by atoms with Crippen LogP contribution in [0, 0.1) is 6.92 Å². The Morgan fingerprint density at radius 3 is 2.26 bits per heavy atom. The van der Waals surface area contributed by atoms with Gasteiger partial charge in [-0.05, 0) is 50.1 Å². The van der Waals surface area contributed by atoms with Crippen molar-refractivity contribution in [2.45, 2.75) is 38.6 Å². The first-order valence-electron chi connectivity index (χ1n) is 11.5. The number of aryl methyl sites for hydroxylation is 1. The Bertz CT molecular complexity index is 1350. The zero-order chi connectivity index (χ0) is 24.2. The van der Waals surface area contributed by atoms with Crippen LogP contribution in [-0.4, -0.2) is 26.9 Å². The van der Waals surface area contributed by atoms with Crippen molar-refractivity contribution in [3.8, 4) is 5.69 Å². The Morgan fingerprint density at radius 2 is 1.62 bits per heavy atom. The molecular weight excluding hydrogens is 446 g/mol. The molecule has 6 heteroatoms. The molecule has 0 spiro atoms. The van der Waals surface area contributed by atoms with Gasteiger partial charge in [0.05, 0.1) is 22.6 Å². The van der Waals surface area contributed by atoms with Crippen LogP contribution in [0.4, 0.5) is 0 Å². The second-order valence-electron chi connectivity index (χ2n) is 8.28. The Morgan fingerprint density at radius 1 is 0.971 bits per heavy atom. The number of aromatic nitrogens is 2. The molecule has 4 aromatic rings. The van der Waals surface area contributed by atoms with Crippen LogP contribution in [0.15, 0.2) is 83.7 Å². The highest BCUT2D eigenvalue weighted by Gasteiger charge is 2.32. The maximum Gasteiger partial charge on any atom is 0.266 e. The van der Waals surface area contributed by atoms with Crippen molar-refractivity contribution in [2.24, 2.45) is 0 Å². The van der Waals surface area contributed by atoms with Crippen molar-refractivity contribution in [3.63, 3.8) is 0 Å². The predicted octanol–water partition coefficient (Wildman–Crippen LogP) is 5.97. The van der Waals surface area contributed by atoms with E-state index in [0.29, 0.717) is 29.7 Å². The van der Waals surface area contributed by atoms with E-state index in [9.17, 15) is 9.59 Å². The number of nitrogens with zero attached hydrogens (tertiary/aromatic N) is 3. The highest BCUT2D eigenvalue weighted by molar-refractivity contribution is 6.30. The van der Waals surface area contributed by atoms with E-state index in [0.717, 1.165) is 16.8 Å². The first-order chi connectivity index (χ1) is 16.5. The monoisotopic (exact) mass is 473 g/mol. The number of rotatable bonds is 7. The summed E-state index contributed by atoms with van der Waals surface area (Å²) in [5, 5.41) is -0.286. The third-order valence-electron chi connectivity index (χ3n) is 6.09. The number of halogens is 1. The van der Waals surface area contributed by atoms with Gasteiger partial charge in [-0.1, -0.05) is 67.1 Å². The summed E-state index contributed by atoms with van der Waals surface area (Å²) in [5.41, 5.74) is 3.01. The van der Waals surface area contributed by atoms with Gasteiger partial charge in [0.15, 0.2) is 0 Å². The predicted molar refractivity (Wildman–Crippen MR) is 138 cm³/mol. The molecule has 3 aromatic carbocycles. The quantitative estimate of drug-likeness (QED) is 0.310. The van der Waals surface area contributed by atoms with E-state index in [2.05, 4.69) is 0 Å². The first kappa shape index (κ1) is 23.7. The number of para-hydroxylation sites is 1. The molecule has 174 valence electrons. The zero-order valence-corrected chi connectivity index (χ0v) is 20.4. The van der Waals surface area contributed by atoms with Crippen molar-refractivity contribution in [1.29, 1.82) is 0 Å². The fraction of sp³-hybridized carbons (Fsp3) is 0.250. The highest BCUT2D eigenvalue weighted by Crippen LogP contribution is 2.31. The minimum atomic E-state index is -0.824. The van der Waals surface area contributed by atoms with E-state index in [-0.39, 0.29) is 11.5 Å². The number of carbonyl (C=O) groups excluding carboxylic acids is 1. The molecule has 34 heavy (non-hydrogen) atoms. The number of carbonyl (C=O) groups is 1. The third-order valence-corrected chi connectivity index (χ3v) is 6.53. The van der Waals surface area contributed by atoms with Gasteiger partial charge >= 0.3 is 0 Å². The van der Waals surface area contributed by atoms with E-state index in [1.807, 2.05) is 93.6 Å². The number of hydrogen-bond acceptors (Lipinski definition) is 3.